The number of likely N-dealkylation sites (tertiary alicyclic amines) is 1. The summed E-state index contributed by atoms with van der Waals surface area (Å²) in [7, 11) is 0. The second-order valence-corrected chi connectivity index (χ2v) is 8.22. The number of carbonyl (C=O) groups is 1. The number of nitrogens with one attached hydrogen (secondary N) is 1. The largest absolute Gasteiger partial charge is 0.339 e. The molecule has 0 saturated carbocycles. The zero-order chi connectivity index (χ0) is 19.3. The van der Waals surface area contributed by atoms with Gasteiger partial charge < -0.3 is 9.88 Å². The van der Waals surface area contributed by atoms with Crippen molar-refractivity contribution in [3.8, 4) is 0 Å². The lowest BCUT2D eigenvalue weighted by Crippen LogP contribution is -2.27. The number of aromatic amines is 1. The van der Waals surface area contributed by atoms with E-state index < -0.39 is 0 Å². The number of amides is 1. The zero-order valence-corrected chi connectivity index (χ0v) is 17.0. The first-order chi connectivity index (χ1) is 13.7. The van der Waals surface area contributed by atoms with Crippen molar-refractivity contribution >= 4 is 17.7 Å². The molecule has 1 saturated heterocycles. The van der Waals surface area contributed by atoms with E-state index in [2.05, 4.69) is 48.3 Å². The highest BCUT2D eigenvalue weighted by molar-refractivity contribution is 7.98. The minimum atomic E-state index is 0.156. The molecule has 28 heavy (non-hydrogen) atoms. The van der Waals surface area contributed by atoms with Crippen LogP contribution in [0.3, 0.4) is 0 Å². The highest BCUT2D eigenvalue weighted by atomic mass is 32.2. The molecule has 5 heteroatoms. The number of imidazole rings is 1. The number of rotatable bonds is 6. The Bertz CT molecular complexity index is 928. The van der Waals surface area contributed by atoms with Gasteiger partial charge in [-0.3, -0.25) is 4.79 Å². The molecule has 3 aromatic rings. The van der Waals surface area contributed by atoms with Crippen molar-refractivity contribution < 1.29 is 4.79 Å². The molecule has 4 rings (SSSR count). The van der Waals surface area contributed by atoms with Crippen LogP contribution in [0.25, 0.3) is 0 Å². The van der Waals surface area contributed by atoms with Crippen LogP contribution < -0.4 is 0 Å². The minimum Gasteiger partial charge on any atom is -0.339 e. The standard InChI is InChI=1S/C23H25N3OS/c1-17-21(15-18-7-3-2-4-8-18)25-23(24-17)28-16-19-9-11-20(12-10-19)22(27)26-13-5-6-14-26/h2-4,7-12H,5-6,13-16H2,1H3,(H,24,25). The summed E-state index contributed by atoms with van der Waals surface area (Å²) < 4.78 is 0. The Morgan fingerprint density at radius 1 is 1.04 bits per heavy atom. The van der Waals surface area contributed by atoms with Crippen LogP contribution in [0.5, 0.6) is 0 Å². The average molecular weight is 392 g/mol. The number of H-pyrrole nitrogens is 1. The Labute approximate surface area is 170 Å². The van der Waals surface area contributed by atoms with Crippen molar-refractivity contribution in [3.05, 3.63) is 82.7 Å². The number of thioether (sulfide) groups is 1. The minimum absolute atomic E-state index is 0.156. The lowest BCUT2D eigenvalue weighted by Gasteiger charge is -2.15. The molecule has 0 spiro atoms. The molecule has 4 nitrogen and oxygen atoms in total. The fourth-order valence-corrected chi connectivity index (χ4v) is 4.39. The molecule has 0 bridgehead atoms. The maximum absolute atomic E-state index is 12.4. The molecule has 2 aromatic carbocycles. The summed E-state index contributed by atoms with van der Waals surface area (Å²) >= 11 is 1.70. The summed E-state index contributed by atoms with van der Waals surface area (Å²) in [5.74, 6) is 0.986. The van der Waals surface area contributed by atoms with Crippen molar-refractivity contribution in [2.75, 3.05) is 13.1 Å². The van der Waals surface area contributed by atoms with Crippen molar-refractivity contribution in [2.45, 2.75) is 37.1 Å². The van der Waals surface area contributed by atoms with Gasteiger partial charge in [-0.25, -0.2) is 4.98 Å². The highest BCUT2D eigenvalue weighted by Crippen LogP contribution is 2.23. The van der Waals surface area contributed by atoms with Gasteiger partial charge in [0.25, 0.3) is 5.91 Å². The van der Waals surface area contributed by atoms with Crippen molar-refractivity contribution in [1.29, 1.82) is 0 Å². The van der Waals surface area contributed by atoms with Gasteiger partial charge in [-0.15, -0.1) is 0 Å². The number of aryl methyl sites for hydroxylation is 1. The van der Waals surface area contributed by atoms with Crippen LogP contribution >= 0.6 is 11.8 Å². The van der Waals surface area contributed by atoms with Crippen LogP contribution in [0.1, 0.15) is 45.7 Å². The van der Waals surface area contributed by atoms with E-state index in [0.29, 0.717) is 0 Å². The molecule has 1 amide bonds. The molecule has 1 aromatic heterocycles. The third-order valence-corrected chi connectivity index (χ3v) is 6.09. The molecule has 1 aliphatic rings. The summed E-state index contributed by atoms with van der Waals surface area (Å²) in [6, 6.07) is 18.4. The summed E-state index contributed by atoms with van der Waals surface area (Å²) in [6.07, 6.45) is 3.08. The van der Waals surface area contributed by atoms with Gasteiger partial charge in [-0.2, -0.15) is 0 Å². The van der Waals surface area contributed by atoms with Gasteiger partial charge in [-0.1, -0.05) is 54.2 Å². The molecule has 1 fully saturated rings. The van der Waals surface area contributed by atoms with E-state index in [1.807, 2.05) is 23.1 Å². The van der Waals surface area contributed by atoms with Gasteiger partial charge >= 0.3 is 0 Å². The van der Waals surface area contributed by atoms with Gasteiger partial charge in [0.05, 0.1) is 5.69 Å². The Morgan fingerprint density at radius 3 is 2.46 bits per heavy atom. The van der Waals surface area contributed by atoms with E-state index in [9.17, 15) is 4.79 Å². The lowest BCUT2D eigenvalue weighted by molar-refractivity contribution is 0.0793. The van der Waals surface area contributed by atoms with Gasteiger partial charge in [0, 0.05) is 36.5 Å². The molecule has 144 valence electrons. The number of hydrogen-bond acceptors (Lipinski definition) is 3. The lowest BCUT2D eigenvalue weighted by atomic mass is 10.1. The Morgan fingerprint density at radius 2 is 1.75 bits per heavy atom. The summed E-state index contributed by atoms with van der Waals surface area (Å²) in [4.78, 5) is 22.5. The van der Waals surface area contributed by atoms with E-state index in [1.54, 1.807) is 11.8 Å². The summed E-state index contributed by atoms with van der Waals surface area (Å²) in [5, 5.41) is 0.945. The zero-order valence-electron chi connectivity index (χ0n) is 16.1. The molecule has 2 heterocycles. The van der Waals surface area contributed by atoms with Crippen LogP contribution in [0.15, 0.2) is 59.8 Å². The van der Waals surface area contributed by atoms with Crippen molar-refractivity contribution in [3.63, 3.8) is 0 Å². The quantitative estimate of drug-likeness (QED) is 0.612. The Kier molecular flexibility index (Phi) is 5.81. The molecule has 0 unspecified atom stereocenters. The maximum atomic E-state index is 12.4. The van der Waals surface area contributed by atoms with Crippen LogP contribution in [0.4, 0.5) is 0 Å². The van der Waals surface area contributed by atoms with Gasteiger partial charge in [0.1, 0.15) is 0 Å². The molecule has 1 N–H and O–H groups in total. The molecule has 1 aliphatic heterocycles. The van der Waals surface area contributed by atoms with E-state index in [0.717, 1.165) is 60.2 Å². The molecule has 0 radical (unpaired) electrons. The molecular formula is C23H25N3OS. The van der Waals surface area contributed by atoms with Gasteiger partial charge in [0.15, 0.2) is 5.16 Å². The second kappa shape index (κ2) is 8.65. The third-order valence-electron chi connectivity index (χ3n) is 5.15. The monoisotopic (exact) mass is 391 g/mol. The Balaban J connectivity index is 1.35. The molecular weight excluding hydrogens is 366 g/mol. The fourth-order valence-electron chi connectivity index (χ4n) is 3.49. The number of nitrogens with zero attached hydrogens (tertiary/aromatic N) is 2. The second-order valence-electron chi connectivity index (χ2n) is 7.26. The first-order valence-corrected chi connectivity index (χ1v) is 10.8. The molecule has 0 atom stereocenters. The normalized spacial score (nSPS) is 13.8. The van der Waals surface area contributed by atoms with Crippen molar-refractivity contribution in [1.82, 2.24) is 14.9 Å². The number of carbonyl (C=O) groups excluding carboxylic acids is 1. The van der Waals surface area contributed by atoms with Crippen LogP contribution in [0, 0.1) is 6.92 Å². The molecule has 0 aliphatic carbocycles. The fraction of sp³-hybridized carbons (Fsp3) is 0.304. The van der Waals surface area contributed by atoms with E-state index in [-0.39, 0.29) is 5.91 Å². The predicted molar refractivity (Wildman–Crippen MR) is 114 cm³/mol. The van der Waals surface area contributed by atoms with Crippen LogP contribution in [-0.2, 0) is 12.2 Å². The third kappa shape index (κ3) is 4.47. The van der Waals surface area contributed by atoms with Crippen molar-refractivity contribution in [2.24, 2.45) is 0 Å². The summed E-state index contributed by atoms with van der Waals surface area (Å²) in [5.41, 5.74) is 5.47. The van der Waals surface area contributed by atoms with E-state index >= 15 is 0 Å². The Hall–Kier alpha value is -2.53. The van der Waals surface area contributed by atoms with E-state index in [1.165, 1.54) is 11.1 Å². The SMILES string of the molecule is Cc1[nH]c(SCc2ccc(C(=O)N3CCCC3)cc2)nc1Cc1ccccc1. The smallest absolute Gasteiger partial charge is 0.253 e. The topological polar surface area (TPSA) is 49.0 Å². The van der Waals surface area contributed by atoms with Crippen LogP contribution in [0.2, 0.25) is 0 Å². The summed E-state index contributed by atoms with van der Waals surface area (Å²) in [6.45, 7) is 3.85. The highest BCUT2D eigenvalue weighted by Gasteiger charge is 2.19. The predicted octanol–water partition coefficient (Wildman–Crippen LogP) is 4.84. The van der Waals surface area contributed by atoms with Crippen LogP contribution in [-0.4, -0.2) is 33.9 Å². The first-order valence-electron chi connectivity index (χ1n) is 9.79. The number of aromatic nitrogens is 2. The maximum Gasteiger partial charge on any atom is 0.253 e. The van der Waals surface area contributed by atoms with Gasteiger partial charge in [-0.05, 0) is 43.0 Å². The average Bonchev–Trinajstić information content (AvgIpc) is 3.38. The first kappa shape index (κ1) is 18.8. The van der Waals surface area contributed by atoms with Gasteiger partial charge in [0.2, 0.25) is 0 Å². The number of benzene rings is 2. The van der Waals surface area contributed by atoms with E-state index in [4.69, 9.17) is 4.98 Å². The number of hydrogen-bond donors (Lipinski definition) is 1.